The monoisotopic (exact) mass is 349 g/mol. The van der Waals surface area contributed by atoms with E-state index in [1.165, 1.54) is 11.3 Å². The highest BCUT2D eigenvalue weighted by atomic mass is 79.9. The number of carbonyl (C=O) groups excluding carboxylic acids is 1. The van der Waals surface area contributed by atoms with E-state index in [4.69, 9.17) is 5.26 Å². The van der Waals surface area contributed by atoms with Gasteiger partial charge in [-0.05, 0) is 39.0 Å². The van der Waals surface area contributed by atoms with Crippen LogP contribution in [0.4, 0.5) is 0 Å². The molecule has 6 heteroatoms. The molecular weight excluding hydrogens is 338 g/mol. The minimum absolute atomic E-state index is 0.0639. The molecule has 0 aliphatic rings. The number of amides is 1. The summed E-state index contributed by atoms with van der Waals surface area (Å²) in [4.78, 5) is 18.9. The molecule has 0 unspecified atom stereocenters. The van der Waals surface area contributed by atoms with Crippen molar-refractivity contribution in [2.45, 2.75) is 13.0 Å². The smallest absolute Gasteiger partial charge is 0.265 e. The standard InChI is InChI=1S/C14H12BrN3OS/c15-12-4-8-20-13(12)14(19)18(7-2-5-16)10-11-3-1-6-17-9-11/h1,3-4,6,8-9H,2,7,10H2. The predicted molar refractivity (Wildman–Crippen MR) is 81.2 cm³/mol. The molecule has 0 aliphatic carbocycles. The highest BCUT2D eigenvalue weighted by Gasteiger charge is 2.19. The molecule has 0 saturated heterocycles. The second-order valence-electron chi connectivity index (χ2n) is 4.09. The van der Waals surface area contributed by atoms with Crippen molar-refractivity contribution in [3.05, 3.63) is 50.9 Å². The summed E-state index contributed by atoms with van der Waals surface area (Å²) >= 11 is 4.77. The number of nitriles is 1. The molecule has 1 amide bonds. The molecule has 102 valence electrons. The number of halogens is 1. The van der Waals surface area contributed by atoms with Gasteiger partial charge in [0.15, 0.2) is 0 Å². The van der Waals surface area contributed by atoms with Crippen molar-refractivity contribution in [2.24, 2.45) is 0 Å². The van der Waals surface area contributed by atoms with Crippen LogP contribution in [0.1, 0.15) is 21.7 Å². The van der Waals surface area contributed by atoms with E-state index in [0.717, 1.165) is 10.0 Å². The molecule has 0 radical (unpaired) electrons. The van der Waals surface area contributed by atoms with Crippen LogP contribution in [0.5, 0.6) is 0 Å². The van der Waals surface area contributed by atoms with Crippen LogP contribution in [0.3, 0.4) is 0 Å². The first kappa shape index (κ1) is 14.7. The van der Waals surface area contributed by atoms with Crippen molar-refractivity contribution in [1.82, 2.24) is 9.88 Å². The van der Waals surface area contributed by atoms with Crippen LogP contribution < -0.4 is 0 Å². The Morgan fingerprint density at radius 3 is 2.95 bits per heavy atom. The van der Waals surface area contributed by atoms with Crippen LogP contribution in [0, 0.1) is 11.3 Å². The number of pyridine rings is 1. The number of thiophene rings is 1. The number of aromatic nitrogens is 1. The highest BCUT2D eigenvalue weighted by Crippen LogP contribution is 2.24. The first-order chi connectivity index (χ1) is 9.72. The molecule has 4 nitrogen and oxygen atoms in total. The zero-order valence-electron chi connectivity index (χ0n) is 10.6. The van der Waals surface area contributed by atoms with Gasteiger partial charge in [0.05, 0.1) is 12.5 Å². The summed E-state index contributed by atoms with van der Waals surface area (Å²) in [6.07, 6.45) is 3.74. The Hall–Kier alpha value is -1.71. The van der Waals surface area contributed by atoms with Gasteiger partial charge < -0.3 is 4.90 Å². The van der Waals surface area contributed by atoms with Gasteiger partial charge in [-0.3, -0.25) is 9.78 Å². The van der Waals surface area contributed by atoms with E-state index >= 15 is 0 Å². The molecule has 2 rings (SSSR count). The molecular formula is C14H12BrN3OS. The molecule has 0 aliphatic heterocycles. The largest absolute Gasteiger partial charge is 0.332 e. The van der Waals surface area contributed by atoms with E-state index in [-0.39, 0.29) is 5.91 Å². The van der Waals surface area contributed by atoms with Crippen molar-refractivity contribution in [2.75, 3.05) is 6.54 Å². The van der Waals surface area contributed by atoms with Gasteiger partial charge in [0, 0.05) is 30.0 Å². The molecule has 2 heterocycles. The van der Waals surface area contributed by atoms with E-state index in [1.54, 1.807) is 17.3 Å². The Bertz CT molecular complexity index is 621. The molecule has 0 atom stereocenters. The van der Waals surface area contributed by atoms with Gasteiger partial charge in [0.2, 0.25) is 0 Å². The molecule has 0 spiro atoms. The highest BCUT2D eigenvalue weighted by molar-refractivity contribution is 9.10. The van der Waals surface area contributed by atoms with Crippen molar-refractivity contribution in [3.63, 3.8) is 0 Å². The lowest BCUT2D eigenvalue weighted by Crippen LogP contribution is -2.31. The van der Waals surface area contributed by atoms with Gasteiger partial charge >= 0.3 is 0 Å². The Labute approximate surface area is 129 Å². The van der Waals surface area contributed by atoms with Crippen LogP contribution in [-0.4, -0.2) is 22.3 Å². The first-order valence-electron chi connectivity index (χ1n) is 6.00. The second kappa shape index (κ2) is 7.17. The van der Waals surface area contributed by atoms with E-state index in [2.05, 4.69) is 27.0 Å². The summed E-state index contributed by atoms with van der Waals surface area (Å²) in [6.45, 7) is 0.868. The maximum Gasteiger partial charge on any atom is 0.265 e. The van der Waals surface area contributed by atoms with Crippen LogP contribution >= 0.6 is 27.3 Å². The number of nitrogens with zero attached hydrogens (tertiary/aromatic N) is 3. The third-order valence-electron chi connectivity index (χ3n) is 2.69. The summed E-state index contributed by atoms with van der Waals surface area (Å²) in [5.74, 6) is -0.0639. The fraction of sp³-hybridized carbons (Fsp3) is 0.214. The summed E-state index contributed by atoms with van der Waals surface area (Å²) in [5.41, 5.74) is 0.950. The lowest BCUT2D eigenvalue weighted by Gasteiger charge is -2.21. The third-order valence-corrected chi connectivity index (χ3v) is 4.51. The SMILES string of the molecule is N#CCCN(Cc1cccnc1)C(=O)c1sccc1Br. The van der Waals surface area contributed by atoms with Crippen LogP contribution in [-0.2, 0) is 6.54 Å². The van der Waals surface area contributed by atoms with Crippen molar-refractivity contribution in [1.29, 1.82) is 5.26 Å². The minimum Gasteiger partial charge on any atom is -0.332 e. The second-order valence-corrected chi connectivity index (χ2v) is 5.86. The van der Waals surface area contributed by atoms with Crippen LogP contribution in [0.2, 0.25) is 0 Å². The van der Waals surface area contributed by atoms with Crippen molar-refractivity contribution >= 4 is 33.2 Å². The fourth-order valence-electron chi connectivity index (χ4n) is 1.74. The van der Waals surface area contributed by atoms with Crippen LogP contribution in [0.25, 0.3) is 0 Å². The summed E-state index contributed by atoms with van der Waals surface area (Å²) in [5, 5.41) is 10.6. The van der Waals surface area contributed by atoms with E-state index in [9.17, 15) is 4.79 Å². The van der Waals surface area contributed by atoms with E-state index in [0.29, 0.717) is 24.4 Å². The quantitative estimate of drug-likeness (QED) is 0.830. The first-order valence-corrected chi connectivity index (χ1v) is 7.67. The summed E-state index contributed by atoms with van der Waals surface area (Å²) < 4.78 is 0.792. The Balaban J connectivity index is 2.17. The van der Waals surface area contributed by atoms with Crippen LogP contribution in [0.15, 0.2) is 40.4 Å². The molecule has 20 heavy (non-hydrogen) atoms. The topological polar surface area (TPSA) is 57.0 Å². The molecule has 0 bridgehead atoms. The predicted octanol–water partition coefficient (Wildman–Crippen LogP) is 3.46. The van der Waals surface area contributed by atoms with Gasteiger partial charge in [-0.15, -0.1) is 11.3 Å². The third kappa shape index (κ3) is 3.65. The molecule has 0 aromatic carbocycles. The fourth-order valence-corrected chi connectivity index (χ4v) is 3.25. The van der Waals surface area contributed by atoms with Gasteiger partial charge in [-0.2, -0.15) is 5.26 Å². The lowest BCUT2D eigenvalue weighted by atomic mass is 10.2. The molecule has 0 N–H and O–H groups in total. The van der Waals surface area contributed by atoms with Gasteiger partial charge in [0.1, 0.15) is 4.88 Å². The van der Waals surface area contributed by atoms with Crippen molar-refractivity contribution < 1.29 is 4.79 Å². The Morgan fingerprint density at radius 1 is 1.50 bits per heavy atom. The normalized spacial score (nSPS) is 10.0. The molecule has 2 aromatic heterocycles. The van der Waals surface area contributed by atoms with E-state index in [1.807, 2.05) is 23.6 Å². The zero-order chi connectivity index (χ0) is 14.4. The Kier molecular flexibility index (Phi) is 5.27. The van der Waals surface area contributed by atoms with Gasteiger partial charge in [0.25, 0.3) is 5.91 Å². The maximum atomic E-state index is 12.5. The molecule has 0 saturated carbocycles. The van der Waals surface area contributed by atoms with Crippen molar-refractivity contribution in [3.8, 4) is 6.07 Å². The van der Waals surface area contributed by atoms with Gasteiger partial charge in [-0.25, -0.2) is 0 Å². The maximum absolute atomic E-state index is 12.5. The summed E-state index contributed by atoms with van der Waals surface area (Å²) in [7, 11) is 0. The average molecular weight is 350 g/mol. The van der Waals surface area contributed by atoms with Gasteiger partial charge in [-0.1, -0.05) is 6.07 Å². The lowest BCUT2D eigenvalue weighted by molar-refractivity contribution is 0.0751. The number of hydrogen-bond acceptors (Lipinski definition) is 4. The number of hydrogen-bond donors (Lipinski definition) is 0. The zero-order valence-corrected chi connectivity index (χ0v) is 13.0. The minimum atomic E-state index is -0.0639. The summed E-state index contributed by atoms with van der Waals surface area (Å²) in [6, 6.07) is 7.69. The molecule has 0 fully saturated rings. The van der Waals surface area contributed by atoms with E-state index < -0.39 is 0 Å². The number of rotatable bonds is 5. The number of carbonyl (C=O) groups is 1. The molecule has 2 aromatic rings. The Morgan fingerprint density at radius 2 is 2.35 bits per heavy atom. The average Bonchev–Trinajstić information content (AvgIpc) is 2.90.